The van der Waals surface area contributed by atoms with Gasteiger partial charge in [-0.2, -0.15) is 0 Å². The molecule has 0 bridgehead atoms. The van der Waals surface area contributed by atoms with Crippen LogP contribution in [0.2, 0.25) is 0 Å². The molecule has 0 fully saturated rings. The van der Waals surface area contributed by atoms with E-state index >= 15 is 0 Å². The first-order valence-corrected chi connectivity index (χ1v) is 7.09. The molecule has 1 atom stereocenters. The molecule has 0 radical (unpaired) electrons. The summed E-state index contributed by atoms with van der Waals surface area (Å²) in [7, 11) is 1.69. The smallest absolute Gasteiger partial charge is 0.133 e. The van der Waals surface area contributed by atoms with Crippen molar-refractivity contribution in [3.05, 3.63) is 28.2 Å². The second kappa shape index (κ2) is 7.72. The molecule has 1 rings (SSSR count). The molecule has 0 saturated carbocycles. The predicted octanol–water partition coefficient (Wildman–Crippen LogP) is 4.30. The average molecular weight is 300 g/mol. The van der Waals surface area contributed by atoms with Gasteiger partial charge in [0.05, 0.1) is 11.6 Å². The SMILES string of the molecule is CCCCC(NCC)c1ccc(OC)c(Br)c1. The molecule has 0 heterocycles. The summed E-state index contributed by atoms with van der Waals surface area (Å²) in [6.45, 7) is 5.38. The van der Waals surface area contributed by atoms with Gasteiger partial charge in [0.2, 0.25) is 0 Å². The minimum absolute atomic E-state index is 0.446. The lowest BCUT2D eigenvalue weighted by Gasteiger charge is -2.19. The summed E-state index contributed by atoms with van der Waals surface area (Å²) in [6.07, 6.45) is 3.67. The molecule has 96 valence electrons. The van der Waals surface area contributed by atoms with Gasteiger partial charge in [-0.3, -0.25) is 0 Å². The lowest BCUT2D eigenvalue weighted by molar-refractivity contribution is 0.411. The highest BCUT2D eigenvalue weighted by Crippen LogP contribution is 2.29. The molecule has 1 aromatic rings. The van der Waals surface area contributed by atoms with Gasteiger partial charge in [0, 0.05) is 6.04 Å². The van der Waals surface area contributed by atoms with Crippen LogP contribution < -0.4 is 10.1 Å². The van der Waals surface area contributed by atoms with E-state index < -0.39 is 0 Å². The van der Waals surface area contributed by atoms with E-state index in [1.165, 1.54) is 24.8 Å². The van der Waals surface area contributed by atoms with Crippen LogP contribution in [0, 0.1) is 0 Å². The summed E-state index contributed by atoms with van der Waals surface area (Å²) in [5.74, 6) is 0.888. The Morgan fingerprint density at radius 3 is 2.65 bits per heavy atom. The third-order valence-corrected chi connectivity index (χ3v) is 3.49. The van der Waals surface area contributed by atoms with Crippen LogP contribution in [0.1, 0.15) is 44.7 Å². The van der Waals surface area contributed by atoms with Crippen LogP contribution in [0.4, 0.5) is 0 Å². The first-order chi connectivity index (χ1) is 8.22. The fourth-order valence-corrected chi connectivity index (χ4v) is 2.50. The largest absolute Gasteiger partial charge is 0.496 e. The van der Waals surface area contributed by atoms with E-state index in [-0.39, 0.29) is 0 Å². The van der Waals surface area contributed by atoms with E-state index in [0.29, 0.717) is 6.04 Å². The summed E-state index contributed by atoms with van der Waals surface area (Å²) < 4.78 is 6.28. The topological polar surface area (TPSA) is 21.3 Å². The molecule has 3 heteroatoms. The summed E-state index contributed by atoms with van der Waals surface area (Å²) in [4.78, 5) is 0. The van der Waals surface area contributed by atoms with Crippen LogP contribution in [-0.2, 0) is 0 Å². The van der Waals surface area contributed by atoms with Gasteiger partial charge >= 0.3 is 0 Å². The van der Waals surface area contributed by atoms with E-state index in [4.69, 9.17) is 4.74 Å². The maximum Gasteiger partial charge on any atom is 0.133 e. The van der Waals surface area contributed by atoms with Crippen molar-refractivity contribution in [2.24, 2.45) is 0 Å². The number of halogens is 1. The highest BCUT2D eigenvalue weighted by Gasteiger charge is 2.11. The Bertz CT molecular complexity index is 341. The van der Waals surface area contributed by atoms with Gasteiger partial charge in [0.25, 0.3) is 0 Å². The Morgan fingerprint density at radius 1 is 1.35 bits per heavy atom. The fourth-order valence-electron chi connectivity index (χ4n) is 1.94. The minimum Gasteiger partial charge on any atom is -0.496 e. The molecular formula is C14H22BrNO. The van der Waals surface area contributed by atoms with Crippen LogP contribution >= 0.6 is 15.9 Å². The normalized spacial score (nSPS) is 12.5. The summed E-state index contributed by atoms with van der Waals surface area (Å²) in [5, 5.41) is 3.54. The number of hydrogen-bond donors (Lipinski definition) is 1. The van der Waals surface area contributed by atoms with Gasteiger partial charge in [0.15, 0.2) is 0 Å². The number of nitrogens with one attached hydrogen (secondary N) is 1. The van der Waals surface area contributed by atoms with Crippen molar-refractivity contribution in [1.82, 2.24) is 5.32 Å². The van der Waals surface area contributed by atoms with Gasteiger partial charge in [-0.1, -0.05) is 32.8 Å². The zero-order valence-corrected chi connectivity index (χ0v) is 12.5. The number of unbranched alkanes of at least 4 members (excludes halogenated alkanes) is 1. The quantitative estimate of drug-likeness (QED) is 0.810. The Labute approximate surface area is 113 Å². The average Bonchev–Trinajstić information content (AvgIpc) is 2.34. The Morgan fingerprint density at radius 2 is 2.12 bits per heavy atom. The molecule has 0 aliphatic heterocycles. The standard InChI is InChI=1S/C14H22BrNO/c1-4-6-7-13(16-5-2)11-8-9-14(17-3)12(15)10-11/h8-10,13,16H,4-7H2,1-3H3. The number of ether oxygens (including phenoxy) is 1. The van der Waals surface area contributed by atoms with Gasteiger partial charge in [-0.25, -0.2) is 0 Å². The maximum atomic E-state index is 5.25. The molecule has 0 amide bonds. The molecule has 1 N–H and O–H groups in total. The highest BCUT2D eigenvalue weighted by molar-refractivity contribution is 9.10. The van der Waals surface area contributed by atoms with Gasteiger partial charge in [-0.15, -0.1) is 0 Å². The highest BCUT2D eigenvalue weighted by atomic mass is 79.9. The summed E-state index contributed by atoms with van der Waals surface area (Å²) in [5.41, 5.74) is 1.33. The van der Waals surface area contributed by atoms with Crippen molar-refractivity contribution in [3.8, 4) is 5.75 Å². The second-order valence-electron chi connectivity index (χ2n) is 4.15. The Balaban J connectivity index is 2.82. The van der Waals surface area contributed by atoms with E-state index in [2.05, 4.69) is 47.2 Å². The molecule has 0 aliphatic rings. The molecule has 17 heavy (non-hydrogen) atoms. The molecular weight excluding hydrogens is 278 g/mol. The summed E-state index contributed by atoms with van der Waals surface area (Å²) >= 11 is 3.54. The van der Waals surface area contributed by atoms with Crippen LogP contribution in [0.3, 0.4) is 0 Å². The van der Waals surface area contributed by atoms with Crippen LogP contribution in [0.15, 0.2) is 22.7 Å². The number of methoxy groups -OCH3 is 1. The van der Waals surface area contributed by atoms with Crippen molar-refractivity contribution in [2.75, 3.05) is 13.7 Å². The van der Waals surface area contributed by atoms with Gasteiger partial charge in [0.1, 0.15) is 5.75 Å². The fraction of sp³-hybridized carbons (Fsp3) is 0.571. The number of hydrogen-bond acceptors (Lipinski definition) is 2. The second-order valence-corrected chi connectivity index (χ2v) is 5.00. The lowest BCUT2D eigenvalue weighted by Crippen LogP contribution is -2.20. The monoisotopic (exact) mass is 299 g/mol. The van der Waals surface area contributed by atoms with Crippen molar-refractivity contribution in [2.45, 2.75) is 39.2 Å². The van der Waals surface area contributed by atoms with Crippen molar-refractivity contribution in [3.63, 3.8) is 0 Å². The molecule has 1 aromatic carbocycles. The molecule has 2 nitrogen and oxygen atoms in total. The molecule has 0 spiro atoms. The van der Waals surface area contributed by atoms with E-state index in [1.54, 1.807) is 7.11 Å². The van der Waals surface area contributed by atoms with E-state index in [1.807, 2.05) is 6.07 Å². The van der Waals surface area contributed by atoms with Crippen molar-refractivity contribution in [1.29, 1.82) is 0 Å². The van der Waals surface area contributed by atoms with Crippen LogP contribution in [0.25, 0.3) is 0 Å². The zero-order valence-electron chi connectivity index (χ0n) is 10.9. The van der Waals surface area contributed by atoms with Gasteiger partial charge < -0.3 is 10.1 Å². The molecule has 0 aromatic heterocycles. The maximum absolute atomic E-state index is 5.25. The minimum atomic E-state index is 0.446. The zero-order chi connectivity index (χ0) is 12.7. The first kappa shape index (κ1) is 14.5. The van der Waals surface area contributed by atoms with Crippen molar-refractivity contribution < 1.29 is 4.74 Å². The number of rotatable bonds is 7. The van der Waals surface area contributed by atoms with E-state index in [0.717, 1.165) is 16.8 Å². The lowest BCUT2D eigenvalue weighted by atomic mass is 10.0. The van der Waals surface area contributed by atoms with Crippen molar-refractivity contribution >= 4 is 15.9 Å². The van der Waals surface area contributed by atoms with Gasteiger partial charge in [-0.05, 0) is 46.6 Å². The van der Waals surface area contributed by atoms with E-state index in [9.17, 15) is 0 Å². The third kappa shape index (κ3) is 4.32. The van der Waals surface area contributed by atoms with Crippen LogP contribution in [-0.4, -0.2) is 13.7 Å². The third-order valence-electron chi connectivity index (χ3n) is 2.88. The predicted molar refractivity (Wildman–Crippen MR) is 76.6 cm³/mol. The first-order valence-electron chi connectivity index (χ1n) is 6.29. The van der Waals surface area contributed by atoms with Crippen LogP contribution in [0.5, 0.6) is 5.75 Å². The Kier molecular flexibility index (Phi) is 6.60. The number of benzene rings is 1. The molecule has 0 saturated heterocycles. The molecule has 1 unspecified atom stereocenters. The summed E-state index contributed by atoms with van der Waals surface area (Å²) in [6, 6.07) is 6.77. The Hall–Kier alpha value is -0.540. The molecule has 0 aliphatic carbocycles.